The average Bonchev–Trinajstić information content (AvgIpc) is 0.736. The molecule has 0 aliphatic rings. The molecule has 10 aromatic rings. The van der Waals surface area contributed by atoms with Crippen LogP contribution in [0.15, 0.2) is 219 Å². The highest BCUT2D eigenvalue weighted by molar-refractivity contribution is 6.06. The molecule has 6 heteroatoms. The summed E-state index contributed by atoms with van der Waals surface area (Å²) in [6.07, 6.45) is 77.6. The molecule has 10 rings (SSSR count). The third kappa shape index (κ3) is 29.9. The molecule has 3 aromatic heterocycles. The summed E-state index contributed by atoms with van der Waals surface area (Å²) in [5, 5.41) is 0. The third-order valence-electron chi connectivity index (χ3n) is 21.0. The topological polar surface area (TPSA) is 66.4 Å². The van der Waals surface area contributed by atoms with Crippen molar-refractivity contribution >= 4 is 72.9 Å². The Labute approximate surface area is 667 Å². The second-order valence-electron chi connectivity index (χ2n) is 29.9. The van der Waals surface area contributed by atoms with E-state index in [4.69, 9.17) is 14.2 Å². The Morgan fingerprint density at radius 3 is 0.541 bits per heavy atom. The van der Waals surface area contributed by atoms with E-state index in [0.717, 1.165) is 156 Å². The van der Waals surface area contributed by atoms with Gasteiger partial charge in [-0.1, -0.05) is 376 Å². The minimum absolute atomic E-state index is 0.763. The molecule has 0 spiro atoms. The maximum absolute atomic E-state index is 6.16. The van der Waals surface area contributed by atoms with Gasteiger partial charge in [0, 0.05) is 37.2 Å². The predicted octanol–water partition coefficient (Wildman–Crippen LogP) is 30.8. The summed E-state index contributed by atoms with van der Waals surface area (Å²) in [6, 6.07) is 64.7. The molecule has 0 saturated carbocycles. The smallest absolute Gasteiger partial charge is 0.119 e. The van der Waals surface area contributed by atoms with Crippen molar-refractivity contribution in [2.75, 3.05) is 19.8 Å². The third-order valence-corrected chi connectivity index (χ3v) is 21.0. The number of rotatable bonds is 51. The number of aromatic nitrogens is 3. The van der Waals surface area contributed by atoms with E-state index in [-0.39, 0.29) is 0 Å². The second kappa shape index (κ2) is 49.9. The molecule has 3 heterocycles. The van der Waals surface area contributed by atoms with Crippen LogP contribution >= 0.6 is 0 Å². The van der Waals surface area contributed by atoms with Crippen LogP contribution in [0.4, 0.5) is 0 Å². The maximum Gasteiger partial charge on any atom is 0.119 e. The Morgan fingerprint density at radius 1 is 0.189 bits per heavy atom. The largest absolute Gasteiger partial charge is 0.494 e. The van der Waals surface area contributed by atoms with Gasteiger partial charge in [0.2, 0.25) is 0 Å². The Bertz CT molecular complexity index is 3910. The average molecular weight is 1480 g/mol. The van der Waals surface area contributed by atoms with Gasteiger partial charge in [-0.2, -0.15) is 0 Å². The molecule has 0 bridgehead atoms. The highest BCUT2D eigenvalue weighted by Gasteiger charge is 2.24. The molecule has 0 fully saturated rings. The van der Waals surface area contributed by atoms with E-state index in [0.29, 0.717) is 0 Å². The normalized spacial score (nSPS) is 11.8. The van der Waals surface area contributed by atoms with E-state index >= 15 is 0 Å². The van der Waals surface area contributed by atoms with Crippen molar-refractivity contribution in [2.24, 2.45) is 0 Å². The van der Waals surface area contributed by atoms with Crippen LogP contribution < -0.4 is 14.2 Å². The van der Waals surface area contributed by atoms with Gasteiger partial charge in [-0.3, -0.25) is 15.0 Å². The van der Waals surface area contributed by atoms with Crippen LogP contribution in [0.2, 0.25) is 0 Å². The first-order valence-electron chi connectivity index (χ1n) is 42.5. The molecule has 7 aromatic carbocycles. The number of pyridine rings is 3. The maximum atomic E-state index is 6.16. The number of nitrogens with zero attached hydrogens (tertiary/aromatic N) is 3. The molecule has 0 aliphatic carbocycles. The van der Waals surface area contributed by atoms with Gasteiger partial charge in [-0.05, 0) is 192 Å². The highest BCUT2D eigenvalue weighted by Crippen LogP contribution is 2.47. The second-order valence-corrected chi connectivity index (χ2v) is 29.9. The number of ether oxygens (including phenoxy) is 3. The van der Waals surface area contributed by atoms with E-state index < -0.39 is 0 Å². The molecular formula is C105H123N3O3. The molecule has 0 amide bonds. The lowest BCUT2D eigenvalue weighted by Crippen LogP contribution is -2.02. The van der Waals surface area contributed by atoms with Crippen molar-refractivity contribution in [2.45, 2.75) is 213 Å². The van der Waals surface area contributed by atoms with Gasteiger partial charge in [0.05, 0.1) is 19.8 Å². The van der Waals surface area contributed by atoms with Crippen molar-refractivity contribution in [3.8, 4) is 50.6 Å². The van der Waals surface area contributed by atoms with Gasteiger partial charge in [0.25, 0.3) is 0 Å². The molecule has 0 aliphatic heterocycles. The van der Waals surface area contributed by atoms with Crippen molar-refractivity contribution in [1.29, 1.82) is 0 Å². The molecular weight excluding hydrogens is 1350 g/mol. The van der Waals surface area contributed by atoms with E-state index in [1.165, 1.54) is 173 Å². The lowest BCUT2D eigenvalue weighted by Gasteiger charge is -2.24. The molecule has 0 unspecified atom stereocenters. The molecule has 6 nitrogen and oxygen atoms in total. The summed E-state index contributed by atoms with van der Waals surface area (Å²) in [5.74, 6) is 2.78. The van der Waals surface area contributed by atoms with Crippen molar-refractivity contribution in [3.63, 3.8) is 0 Å². The van der Waals surface area contributed by atoms with Gasteiger partial charge >= 0.3 is 0 Å². The van der Waals surface area contributed by atoms with E-state index in [9.17, 15) is 0 Å². The van der Waals surface area contributed by atoms with Gasteiger partial charge in [-0.15, -0.1) is 0 Å². The molecule has 0 radical (unpaired) electrons. The minimum atomic E-state index is 0.763. The molecule has 0 saturated heterocycles. The number of unbranched alkanes of at least 4 members (excludes halogenated alkanes) is 27. The van der Waals surface area contributed by atoms with Gasteiger partial charge in [-0.25, -0.2) is 0 Å². The van der Waals surface area contributed by atoms with Crippen LogP contribution in [0.25, 0.3) is 106 Å². The number of hydrogen-bond donors (Lipinski definition) is 0. The van der Waals surface area contributed by atoms with E-state index in [1.807, 2.05) is 37.2 Å². The van der Waals surface area contributed by atoms with Crippen LogP contribution in [0.1, 0.15) is 280 Å². The first-order chi connectivity index (χ1) is 55.0. The van der Waals surface area contributed by atoms with Gasteiger partial charge in [0.15, 0.2) is 0 Å². The summed E-state index contributed by atoms with van der Waals surface area (Å²) >= 11 is 0. The Balaban J connectivity index is 0.905. The van der Waals surface area contributed by atoms with E-state index in [2.05, 4.69) is 291 Å². The summed E-state index contributed by atoms with van der Waals surface area (Å²) in [4.78, 5) is 13.7. The standard InChI is InChI=1S/C105H123N3O3/c1-4-7-10-13-16-19-22-25-28-31-82-109-97-61-52-91(53-62-97)49-40-85-34-43-88(44-35-85)58-67-100-103(94-70-76-106-77-71-94)101(68-59-89-45-36-86(37-46-89)41-50-92-54-63-98(64-55-92)110-83-32-29-26-23-20-17-14-11-8-5-2)105(96-74-80-108-81-75-96)102(104(100)95-72-78-107-79-73-95)69-60-90-47-38-87(39-48-90)42-51-93-56-65-99(66-57-93)111-84-33-30-27-24-21-18-15-12-9-6-3/h34-81H,4-33,82-84H2,1-3H3/b49-40+,50-41+,51-42+,67-58+,68-59+,69-60+. The number of benzene rings is 7. The Kier molecular flexibility index (Phi) is 37.4. The first-order valence-corrected chi connectivity index (χ1v) is 42.5. The van der Waals surface area contributed by atoms with Crippen LogP contribution in [0.5, 0.6) is 17.2 Å². The summed E-state index contributed by atoms with van der Waals surface area (Å²) in [5.41, 5.74) is 19.5. The summed E-state index contributed by atoms with van der Waals surface area (Å²) < 4.78 is 18.5. The fourth-order valence-electron chi connectivity index (χ4n) is 14.4. The van der Waals surface area contributed by atoms with Crippen LogP contribution in [0.3, 0.4) is 0 Å². The molecule has 0 N–H and O–H groups in total. The zero-order valence-electron chi connectivity index (χ0n) is 67.1. The van der Waals surface area contributed by atoms with Gasteiger partial charge < -0.3 is 14.2 Å². The van der Waals surface area contributed by atoms with Crippen LogP contribution in [-0.2, 0) is 0 Å². The SMILES string of the molecule is CCCCCCCCCCCCOc1ccc(/C=C/c2ccc(/C=C/c3c(-c4ccncc4)c(/C=C/c4ccc(/C=C/c5ccc(OCCCCCCCCCCCC)cc5)cc4)c(-c4ccncc4)c(/C=C/c4ccc(/C=C/c5ccc(OCCCCCCCCCCCC)cc5)cc4)c3-c3ccncc3)cc2)cc1. The molecule has 0 atom stereocenters. The monoisotopic (exact) mass is 1470 g/mol. The first kappa shape index (κ1) is 83.3. The predicted molar refractivity (Wildman–Crippen MR) is 480 cm³/mol. The van der Waals surface area contributed by atoms with Crippen LogP contribution in [-0.4, -0.2) is 34.8 Å². The van der Waals surface area contributed by atoms with Crippen molar-refractivity contribution in [3.05, 3.63) is 286 Å². The van der Waals surface area contributed by atoms with Gasteiger partial charge in [0.1, 0.15) is 17.2 Å². The highest BCUT2D eigenvalue weighted by atomic mass is 16.5. The van der Waals surface area contributed by atoms with E-state index in [1.54, 1.807) is 0 Å². The Morgan fingerprint density at radius 2 is 0.351 bits per heavy atom. The van der Waals surface area contributed by atoms with Crippen molar-refractivity contribution < 1.29 is 14.2 Å². The van der Waals surface area contributed by atoms with Crippen molar-refractivity contribution in [1.82, 2.24) is 15.0 Å². The molecule has 576 valence electrons. The van der Waals surface area contributed by atoms with Crippen LogP contribution in [0, 0.1) is 0 Å². The minimum Gasteiger partial charge on any atom is -0.494 e. The fraction of sp³-hybridized carbons (Fsp3) is 0.343. The number of hydrogen-bond acceptors (Lipinski definition) is 6. The zero-order valence-corrected chi connectivity index (χ0v) is 67.1. The summed E-state index contributed by atoms with van der Waals surface area (Å²) in [6.45, 7) is 9.14. The zero-order chi connectivity index (χ0) is 76.6. The lowest BCUT2D eigenvalue weighted by atomic mass is 9.79. The quantitative estimate of drug-likeness (QED) is 0.0280. The lowest BCUT2D eigenvalue weighted by molar-refractivity contribution is 0.304. The Hall–Kier alpha value is -10.2. The summed E-state index contributed by atoms with van der Waals surface area (Å²) in [7, 11) is 0. The molecule has 111 heavy (non-hydrogen) atoms. The fourth-order valence-corrected chi connectivity index (χ4v) is 14.4.